The topological polar surface area (TPSA) is 73.2 Å². The van der Waals surface area contributed by atoms with Crippen LogP contribution >= 0.6 is 0 Å². The number of allylic oxidation sites excluding steroid dienone is 1. The van der Waals surface area contributed by atoms with Gasteiger partial charge >= 0.3 is 0 Å². The van der Waals surface area contributed by atoms with Crippen molar-refractivity contribution in [3.8, 4) is 5.75 Å². The molecule has 1 amide bonds. The van der Waals surface area contributed by atoms with Gasteiger partial charge in [-0.3, -0.25) is 14.3 Å². The van der Waals surface area contributed by atoms with Crippen LogP contribution in [0, 0.1) is 0 Å². The van der Waals surface area contributed by atoms with Gasteiger partial charge in [-0.1, -0.05) is 12.1 Å². The van der Waals surface area contributed by atoms with Crippen LogP contribution < -0.4 is 10.1 Å². The Labute approximate surface area is 146 Å². The zero-order chi connectivity index (χ0) is 17.8. The van der Waals surface area contributed by atoms with Crippen molar-refractivity contribution in [2.45, 2.75) is 19.8 Å². The maximum Gasteiger partial charge on any atom is 0.257 e. The zero-order valence-corrected chi connectivity index (χ0v) is 14.4. The van der Waals surface area contributed by atoms with Gasteiger partial charge in [0, 0.05) is 24.9 Å². The van der Waals surface area contributed by atoms with Crippen molar-refractivity contribution in [3.05, 3.63) is 52.9 Å². The molecule has 0 bridgehead atoms. The molecule has 2 aromatic rings. The molecule has 0 spiro atoms. The Morgan fingerprint density at radius 3 is 2.80 bits per heavy atom. The molecule has 0 aliphatic heterocycles. The van der Waals surface area contributed by atoms with Crippen LogP contribution in [0.4, 0.5) is 0 Å². The van der Waals surface area contributed by atoms with E-state index in [0.717, 1.165) is 23.3 Å². The monoisotopic (exact) mass is 339 g/mol. The number of ether oxygens (including phenoxy) is 1. The summed E-state index contributed by atoms with van der Waals surface area (Å²) in [4.78, 5) is 23.9. The lowest BCUT2D eigenvalue weighted by molar-refractivity contribution is -0.122. The number of fused-ring (bicyclic) bond motifs is 1. The Morgan fingerprint density at radius 2 is 2.08 bits per heavy atom. The molecule has 130 valence electrons. The van der Waals surface area contributed by atoms with Crippen molar-refractivity contribution >= 4 is 17.8 Å². The van der Waals surface area contributed by atoms with Crippen molar-refractivity contribution in [2.75, 3.05) is 13.2 Å². The molecule has 6 heteroatoms. The zero-order valence-electron chi connectivity index (χ0n) is 14.4. The van der Waals surface area contributed by atoms with Crippen LogP contribution in [0.1, 0.15) is 35.0 Å². The molecule has 6 nitrogen and oxygen atoms in total. The van der Waals surface area contributed by atoms with Crippen LogP contribution in [-0.2, 0) is 18.3 Å². The summed E-state index contributed by atoms with van der Waals surface area (Å²) in [6.07, 6.45) is 5.08. The second-order valence-corrected chi connectivity index (χ2v) is 5.94. The van der Waals surface area contributed by atoms with E-state index in [-0.39, 0.29) is 18.3 Å². The fourth-order valence-electron chi connectivity index (χ4n) is 2.88. The van der Waals surface area contributed by atoms with Gasteiger partial charge in [-0.2, -0.15) is 5.10 Å². The summed E-state index contributed by atoms with van der Waals surface area (Å²) in [5.74, 6) is 0.526. The van der Waals surface area contributed by atoms with E-state index in [1.54, 1.807) is 23.0 Å². The lowest BCUT2D eigenvalue weighted by Crippen LogP contribution is -2.28. The highest BCUT2D eigenvalue weighted by Gasteiger charge is 2.24. The Bertz CT molecular complexity index is 819. The summed E-state index contributed by atoms with van der Waals surface area (Å²) in [6, 6.07) is 7.36. The first-order valence-electron chi connectivity index (χ1n) is 8.34. The largest absolute Gasteiger partial charge is 0.484 e. The van der Waals surface area contributed by atoms with Gasteiger partial charge in [-0.05, 0) is 43.5 Å². The molecule has 25 heavy (non-hydrogen) atoms. The van der Waals surface area contributed by atoms with Gasteiger partial charge in [-0.15, -0.1) is 0 Å². The first-order valence-corrected chi connectivity index (χ1v) is 8.34. The molecular formula is C19H21N3O3. The van der Waals surface area contributed by atoms with Gasteiger partial charge in [0.15, 0.2) is 12.4 Å². The van der Waals surface area contributed by atoms with Crippen LogP contribution in [0.2, 0.25) is 0 Å². The maximum atomic E-state index is 12.5. The number of likely N-dealkylation sites (N-methyl/N-ethyl adjacent to an activating group) is 1. The Morgan fingerprint density at radius 1 is 1.32 bits per heavy atom. The summed E-state index contributed by atoms with van der Waals surface area (Å²) in [5.41, 5.74) is 3.41. The average molecular weight is 339 g/mol. The molecule has 3 rings (SSSR count). The first kappa shape index (κ1) is 17.0. The van der Waals surface area contributed by atoms with Crippen molar-refractivity contribution in [2.24, 2.45) is 7.05 Å². The smallest absolute Gasteiger partial charge is 0.257 e. The number of carbonyl (C=O) groups excluding carboxylic acids is 2. The second kappa shape index (κ2) is 7.34. The van der Waals surface area contributed by atoms with E-state index in [2.05, 4.69) is 10.4 Å². The van der Waals surface area contributed by atoms with Crippen LogP contribution in [-0.4, -0.2) is 34.6 Å². The molecule has 0 atom stereocenters. The average Bonchev–Trinajstić information content (AvgIpc) is 2.99. The molecule has 0 fully saturated rings. The number of rotatable bonds is 5. The van der Waals surface area contributed by atoms with Gasteiger partial charge in [-0.25, -0.2) is 0 Å². The molecule has 1 aromatic carbocycles. The van der Waals surface area contributed by atoms with E-state index < -0.39 is 0 Å². The number of benzene rings is 1. The number of amides is 1. The Balaban J connectivity index is 1.68. The number of nitrogens with zero attached hydrogens (tertiary/aromatic N) is 2. The number of nitrogens with one attached hydrogen (secondary N) is 1. The minimum Gasteiger partial charge on any atom is -0.484 e. The summed E-state index contributed by atoms with van der Waals surface area (Å²) >= 11 is 0. The van der Waals surface area contributed by atoms with E-state index in [9.17, 15) is 9.59 Å². The Hall–Kier alpha value is -2.89. The number of aromatic nitrogens is 2. The van der Waals surface area contributed by atoms with E-state index in [4.69, 9.17) is 4.74 Å². The molecule has 0 saturated heterocycles. The summed E-state index contributed by atoms with van der Waals surface area (Å²) in [6.45, 7) is 2.44. The number of carbonyl (C=O) groups is 2. The normalized spacial score (nSPS) is 15.1. The number of hydrogen-bond donors (Lipinski definition) is 1. The standard InChI is InChI=1S/C19H21N3O3/c1-3-20-18(23)12-25-15-7-4-13(5-8-15)10-14-6-9-17-16(19(14)24)11-21-22(17)2/h4-5,7-8,10-11H,3,6,9,12H2,1-2H3,(H,20,23)/b14-10+. The van der Waals surface area contributed by atoms with Crippen LogP contribution in [0.5, 0.6) is 5.75 Å². The number of Topliss-reactive ketones (excluding diaryl/α,β-unsaturated/α-hetero) is 1. The third-order valence-corrected chi connectivity index (χ3v) is 4.19. The molecular weight excluding hydrogens is 318 g/mol. The predicted octanol–water partition coefficient (Wildman–Crippen LogP) is 2.15. The predicted molar refractivity (Wildman–Crippen MR) is 94.5 cm³/mol. The lowest BCUT2D eigenvalue weighted by atomic mass is 9.90. The fourth-order valence-corrected chi connectivity index (χ4v) is 2.88. The quantitative estimate of drug-likeness (QED) is 0.847. The van der Waals surface area contributed by atoms with Crippen molar-refractivity contribution < 1.29 is 14.3 Å². The number of hydrogen-bond acceptors (Lipinski definition) is 4. The van der Waals surface area contributed by atoms with Gasteiger partial charge in [0.25, 0.3) is 5.91 Å². The van der Waals surface area contributed by atoms with Gasteiger partial charge < -0.3 is 10.1 Å². The summed E-state index contributed by atoms with van der Waals surface area (Å²) in [5, 5.41) is 6.85. The maximum absolute atomic E-state index is 12.5. The third kappa shape index (κ3) is 3.79. The number of ketones is 1. The SMILES string of the molecule is CCNC(=O)COc1ccc(/C=C2\CCc3c(cnn3C)C2=O)cc1. The van der Waals surface area contributed by atoms with Crippen LogP contribution in [0.3, 0.4) is 0 Å². The van der Waals surface area contributed by atoms with Gasteiger partial charge in [0.2, 0.25) is 0 Å². The van der Waals surface area contributed by atoms with E-state index in [1.165, 1.54) is 0 Å². The summed E-state index contributed by atoms with van der Waals surface area (Å²) in [7, 11) is 1.86. The van der Waals surface area contributed by atoms with Crippen LogP contribution in [0.25, 0.3) is 6.08 Å². The molecule has 1 aliphatic rings. The molecule has 0 unspecified atom stereocenters. The fraction of sp³-hybridized carbons (Fsp3) is 0.316. The molecule has 0 radical (unpaired) electrons. The minimum absolute atomic E-state index is 0.00343. The molecule has 1 aromatic heterocycles. The molecule has 1 heterocycles. The van der Waals surface area contributed by atoms with Crippen molar-refractivity contribution in [1.82, 2.24) is 15.1 Å². The molecule has 1 N–H and O–H groups in total. The molecule has 1 aliphatic carbocycles. The Kier molecular flexibility index (Phi) is 4.97. The summed E-state index contributed by atoms with van der Waals surface area (Å²) < 4.78 is 7.19. The van der Waals surface area contributed by atoms with Gasteiger partial charge in [0.1, 0.15) is 5.75 Å². The minimum atomic E-state index is -0.145. The van der Waals surface area contributed by atoms with Crippen LogP contribution in [0.15, 0.2) is 36.0 Å². The van der Waals surface area contributed by atoms with Crippen molar-refractivity contribution in [1.29, 1.82) is 0 Å². The van der Waals surface area contributed by atoms with E-state index >= 15 is 0 Å². The lowest BCUT2D eigenvalue weighted by Gasteiger charge is -2.14. The second-order valence-electron chi connectivity index (χ2n) is 5.94. The highest BCUT2D eigenvalue weighted by Crippen LogP contribution is 2.26. The number of aryl methyl sites for hydroxylation is 1. The highest BCUT2D eigenvalue weighted by atomic mass is 16.5. The third-order valence-electron chi connectivity index (χ3n) is 4.19. The van der Waals surface area contributed by atoms with E-state index in [0.29, 0.717) is 24.3 Å². The first-order chi connectivity index (χ1) is 12.1. The molecule has 0 saturated carbocycles. The van der Waals surface area contributed by atoms with Gasteiger partial charge in [0.05, 0.1) is 11.8 Å². The van der Waals surface area contributed by atoms with E-state index in [1.807, 2.05) is 32.2 Å². The highest BCUT2D eigenvalue weighted by molar-refractivity contribution is 6.12. The van der Waals surface area contributed by atoms with Crippen molar-refractivity contribution in [3.63, 3.8) is 0 Å².